The second-order valence-corrected chi connectivity index (χ2v) is 8.16. The molecule has 2 aromatic carbocycles. The molecule has 0 aromatic heterocycles. The summed E-state index contributed by atoms with van der Waals surface area (Å²) in [5, 5.41) is 5.82. The Bertz CT molecular complexity index is 911. The fourth-order valence-corrected chi connectivity index (χ4v) is 3.57. The molecule has 0 spiro atoms. The van der Waals surface area contributed by atoms with Gasteiger partial charge in [0.05, 0.1) is 6.61 Å². The van der Waals surface area contributed by atoms with Crippen molar-refractivity contribution >= 4 is 34.8 Å². The van der Waals surface area contributed by atoms with Crippen molar-refractivity contribution in [3.63, 3.8) is 0 Å². The monoisotopic (exact) mass is 469 g/mol. The van der Waals surface area contributed by atoms with Crippen molar-refractivity contribution in [2.45, 2.75) is 52.9 Å². The van der Waals surface area contributed by atoms with Crippen molar-refractivity contribution in [2.24, 2.45) is 0 Å². The first-order chi connectivity index (χ1) is 16.0. The minimum Gasteiger partial charge on any atom is -0.494 e. The van der Waals surface area contributed by atoms with E-state index in [4.69, 9.17) is 17.0 Å². The smallest absolute Gasteiger partial charge is 0.257 e. The van der Waals surface area contributed by atoms with Gasteiger partial charge >= 0.3 is 0 Å². The number of benzene rings is 2. The molecule has 0 saturated heterocycles. The van der Waals surface area contributed by atoms with Crippen LogP contribution in [0, 0.1) is 0 Å². The van der Waals surface area contributed by atoms with E-state index in [-0.39, 0.29) is 16.9 Å². The van der Waals surface area contributed by atoms with Crippen molar-refractivity contribution < 1.29 is 14.3 Å². The molecule has 6 nitrogen and oxygen atoms in total. The lowest BCUT2D eigenvalue weighted by Crippen LogP contribution is -2.34. The zero-order valence-corrected chi connectivity index (χ0v) is 20.7. The zero-order valence-electron chi connectivity index (χ0n) is 19.9. The standard InChI is InChI=1S/C26H35N3O3S/c1-4-7-8-9-10-18-32-23-16-14-20(15-17-23)24(30)28-26(33)27-22-13-11-12-21(19-22)25(31)29(5-2)6-3/h11-17,19H,4-10,18H2,1-3H3,(H2,27,28,30,33). The Morgan fingerprint density at radius 1 is 0.909 bits per heavy atom. The molecule has 0 atom stereocenters. The summed E-state index contributed by atoms with van der Waals surface area (Å²) >= 11 is 5.28. The van der Waals surface area contributed by atoms with Gasteiger partial charge in [0.25, 0.3) is 11.8 Å². The lowest BCUT2D eigenvalue weighted by atomic mass is 10.1. The molecule has 0 heterocycles. The van der Waals surface area contributed by atoms with E-state index in [1.54, 1.807) is 53.4 Å². The van der Waals surface area contributed by atoms with Crippen molar-refractivity contribution in [3.05, 3.63) is 59.7 Å². The Hall–Kier alpha value is -2.93. The predicted octanol–water partition coefficient (Wildman–Crippen LogP) is 5.64. The Morgan fingerprint density at radius 3 is 2.27 bits per heavy atom. The van der Waals surface area contributed by atoms with Gasteiger partial charge in [-0.25, -0.2) is 0 Å². The van der Waals surface area contributed by atoms with Gasteiger partial charge in [-0.2, -0.15) is 0 Å². The summed E-state index contributed by atoms with van der Waals surface area (Å²) in [5.74, 6) is 0.397. The van der Waals surface area contributed by atoms with Gasteiger partial charge in [0, 0.05) is 29.9 Å². The maximum atomic E-state index is 12.5. The number of rotatable bonds is 12. The SMILES string of the molecule is CCCCCCCOc1ccc(C(=O)NC(=S)Nc2cccc(C(=O)N(CC)CC)c2)cc1. The lowest BCUT2D eigenvalue weighted by molar-refractivity contribution is 0.0772. The fraction of sp³-hybridized carbons (Fsp3) is 0.423. The van der Waals surface area contributed by atoms with Gasteiger partial charge in [-0.15, -0.1) is 0 Å². The van der Waals surface area contributed by atoms with Crippen LogP contribution < -0.4 is 15.4 Å². The third kappa shape index (κ3) is 8.85. The normalized spacial score (nSPS) is 10.4. The average molecular weight is 470 g/mol. The lowest BCUT2D eigenvalue weighted by Gasteiger charge is -2.19. The van der Waals surface area contributed by atoms with Crippen LogP contribution in [0.5, 0.6) is 5.75 Å². The van der Waals surface area contributed by atoms with Crippen LogP contribution >= 0.6 is 12.2 Å². The number of anilines is 1. The number of hydrogen-bond donors (Lipinski definition) is 2. The number of ether oxygens (including phenoxy) is 1. The Labute approximate surface area is 202 Å². The third-order valence-corrected chi connectivity index (χ3v) is 5.48. The highest BCUT2D eigenvalue weighted by atomic mass is 32.1. The molecule has 2 aromatic rings. The Kier molecular flexibility index (Phi) is 11.4. The minimum atomic E-state index is -0.311. The van der Waals surface area contributed by atoms with Crippen LogP contribution in [-0.2, 0) is 0 Å². The quantitative estimate of drug-likeness (QED) is 0.311. The Balaban J connectivity index is 1.85. The first kappa shape index (κ1) is 26.3. The number of carbonyl (C=O) groups excluding carboxylic acids is 2. The van der Waals surface area contributed by atoms with Crippen LogP contribution in [-0.4, -0.2) is 41.5 Å². The van der Waals surface area contributed by atoms with Gasteiger partial charge in [0.1, 0.15) is 5.75 Å². The maximum Gasteiger partial charge on any atom is 0.257 e. The van der Waals surface area contributed by atoms with Gasteiger partial charge in [-0.1, -0.05) is 38.7 Å². The van der Waals surface area contributed by atoms with E-state index in [1.807, 2.05) is 13.8 Å². The van der Waals surface area contributed by atoms with Crippen molar-refractivity contribution in [3.8, 4) is 5.75 Å². The highest BCUT2D eigenvalue weighted by Crippen LogP contribution is 2.15. The molecular weight excluding hydrogens is 434 g/mol. The molecule has 0 aliphatic rings. The molecule has 178 valence electrons. The van der Waals surface area contributed by atoms with Gasteiger partial charge < -0.3 is 15.0 Å². The molecular formula is C26H35N3O3S. The molecule has 0 bridgehead atoms. The fourth-order valence-electron chi connectivity index (χ4n) is 3.36. The third-order valence-electron chi connectivity index (χ3n) is 5.28. The number of carbonyl (C=O) groups is 2. The topological polar surface area (TPSA) is 70.7 Å². The molecule has 0 unspecified atom stereocenters. The predicted molar refractivity (Wildman–Crippen MR) is 138 cm³/mol. The van der Waals surface area contributed by atoms with E-state index in [9.17, 15) is 9.59 Å². The van der Waals surface area contributed by atoms with Crippen LogP contribution in [0.2, 0.25) is 0 Å². The van der Waals surface area contributed by atoms with E-state index in [0.717, 1.165) is 12.2 Å². The number of nitrogens with zero attached hydrogens (tertiary/aromatic N) is 1. The number of amides is 2. The Morgan fingerprint density at radius 2 is 1.61 bits per heavy atom. The zero-order chi connectivity index (χ0) is 24.1. The molecule has 7 heteroatoms. The number of thiocarbonyl (C=S) groups is 1. The molecule has 0 fully saturated rings. The highest BCUT2D eigenvalue weighted by Gasteiger charge is 2.13. The minimum absolute atomic E-state index is 0.0399. The highest BCUT2D eigenvalue weighted by molar-refractivity contribution is 7.80. The first-order valence-corrected chi connectivity index (χ1v) is 12.1. The second-order valence-electron chi connectivity index (χ2n) is 7.75. The maximum absolute atomic E-state index is 12.5. The summed E-state index contributed by atoms with van der Waals surface area (Å²) in [6, 6.07) is 14.1. The van der Waals surface area contributed by atoms with Gasteiger partial charge in [-0.3, -0.25) is 14.9 Å². The van der Waals surface area contributed by atoms with Crippen LogP contribution in [0.3, 0.4) is 0 Å². The number of nitrogens with one attached hydrogen (secondary N) is 2. The second kappa shape index (κ2) is 14.3. The molecule has 0 aliphatic heterocycles. The van der Waals surface area contributed by atoms with Crippen molar-refractivity contribution in [1.82, 2.24) is 10.2 Å². The summed E-state index contributed by atoms with van der Waals surface area (Å²) in [7, 11) is 0. The van der Waals surface area contributed by atoms with Crippen LogP contribution in [0.4, 0.5) is 5.69 Å². The molecule has 0 aliphatic carbocycles. The number of hydrogen-bond acceptors (Lipinski definition) is 4. The van der Waals surface area contributed by atoms with Crippen molar-refractivity contribution in [2.75, 3.05) is 25.0 Å². The van der Waals surface area contributed by atoms with E-state index in [1.165, 1.54) is 25.7 Å². The van der Waals surface area contributed by atoms with Crippen molar-refractivity contribution in [1.29, 1.82) is 0 Å². The summed E-state index contributed by atoms with van der Waals surface area (Å²) in [6.07, 6.45) is 5.94. The van der Waals surface area contributed by atoms with E-state index >= 15 is 0 Å². The van der Waals surface area contributed by atoms with E-state index < -0.39 is 0 Å². The number of unbranched alkanes of at least 4 members (excludes halogenated alkanes) is 4. The molecule has 2 rings (SSSR count). The largest absolute Gasteiger partial charge is 0.494 e. The van der Waals surface area contributed by atoms with E-state index in [2.05, 4.69) is 17.6 Å². The summed E-state index contributed by atoms with van der Waals surface area (Å²) in [5.41, 5.74) is 1.69. The van der Waals surface area contributed by atoms with Crippen LogP contribution in [0.15, 0.2) is 48.5 Å². The van der Waals surface area contributed by atoms with Gasteiger partial charge in [-0.05, 0) is 75.0 Å². The van der Waals surface area contributed by atoms with E-state index in [0.29, 0.717) is 36.5 Å². The molecule has 33 heavy (non-hydrogen) atoms. The van der Waals surface area contributed by atoms with Gasteiger partial charge in [0.2, 0.25) is 0 Å². The van der Waals surface area contributed by atoms with Crippen LogP contribution in [0.1, 0.15) is 73.6 Å². The van der Waals surface area contributed by atoms with Crippen LogP contribution in [0.25, 0.3) is 0 Å². The first-order valence-electron chi connectivity index (χ1n) is 11.7. The molecule has 0 radical (unpaired) electrons. The molecule has 2 N–H and O–H groups in total. The summed E-state index contributed by atoms with van der Waals surface area (Å²) in [4.78, 5) is 26.8. The summed E-state index contributed by atoms with van der Waals surface area (Å²) < 4.78 is 5.74. The molecule has 2 amide bonds. The van der Waals surface area contributed by atoms with Gasteiger partial charge in [0.15, 0.2) is 5.11 Å². The molecule has 0 saturated carbocycles. The average Bonchev–Trinajstić information content (AvgIpc) is 2.82. The summed E-state index contributed by atoms with van der Waals surface area (Å²) in [6.45, 7) is 8.06.